The number of hydrogen-bond donors (Lipinski definition) is 6. The summed E-state index contributed by atoms with van der Waals surface area (Å²) in [5, 5.41) is 19.7. The second kappa shape index (κ2) is 16.5. The minimum atomic E-state index is -5.98. The molecule has 1 aliphatic carbocycles. The Morgan fingerprint density at radius 1 is 0.469 bits per heavy atom. The molecule has 0 aliphatic heterocycles. The van der Waals surface area contributed by atoms with Crippen molar-refractivity contribution < 1.29 is 204 Å². The van der Waals surface area contributed by atoms with Gasteiger partial charge in [0.15, 0.2) is 0 Å². The Bertz CT molecular complexity index is 682. The molecule has 1 fully saturated rings. The second-order valence-electron chi connectivity index (χ2n) is 5.14. The molecule has 0 aromatic rings. The predicted molar refractivity (Wildman–Crippen MR) is 70.8 cm³/mol. The van der Waals surface area contributed by atoms with E-state index >= 15 is 0 Å². The molecule has 32 heavy (non-hydrogen) atoms. The molecule has 0 aromatic carbocycles. The van der Waals surface area contributed by atoms with Crippen LogP contribution in [0.5, 0.6) is 0 Å². The van der Waals surface area contributed by atoms with Crippen molar-refractivity contribution in [3.8, 4) is 0 Å². The van der Waals surface area contributed by atoms with Crippen molar-refractivity contribution in [3.05, 3.63) is 0 Å². The molecule has 1 aliphatic rings. The van der Waals surface area contributed by atoms with Gasteiger partial charge in [0.25, 0.3) is 31.3 Å². The van der Waals surface area contributed by atoms with Gasteiger partial charge in [-0.05, 0) is 0 Å². The molecule has 0 aromatic heterocycles. The van der Waals surface area contributed by atoms with Crippen LogP contribution in [-0.2, 0) is 36.4 Å². The number of phosphoric ester groups is 4. The second-order valence-corrected chi connectivity index (χ2v) is 9.73. The largest absolute Gasteiger partial charge is 1.00 e. The van der Waals surface area contributed by atoms with Crippen LogP contribution in [0.15, 0.2) is 0 Å². The Labute approximate surface area is 268 Å². The van der Waals surface area contributed by atoms with Crippen LogP contribution in [-0.4, -0.2) is 66.4 Å². The average molecular weight is 588 g/mol. The molecular weight excluding hydrogens is 576 g/mol. The standard InChI is InChI=1S/C6H16O18P4.4Na/c7-1-2(8)4(22-26(12,13)14)6(24-28(18,19)20)5(23-27(15,16)17)3(1)21-25(9,10)11;;;;/h1-8H,(H2,9,10,11)(H2,12,13,14)(H2,15,16,17)(H2,18,19,20);;;;/q;4*+1/p-4/t1-,2+,3-,4-,5+,6+;;;;/m0..../s1. The minimum absolute atomic E-state index is 0. The van der Waals surface area contributed by atoms with Crippen LogP contribution >= 0.6 is 31.3 Å². The molecule has 1 rings (SSSR count). The first-order valence-corrected chi connectivity index (χ1v) is 12.4. The zero-order valence-electron chi connectivity index (χ0n) is 16.8. The summed E-state index contributed by atoms with van der Waals surface area (Å²) < 4.78 is 59.3. The van der Waals surface area contributed by atoms with Crippen LogP contribution in [0.1, 0.15) is 0 Å². The number of aliphatic hydroxyl groups excluding tert-OH is 2. The van der Waals surface area contributed by atoms with E-state index in [-0.39, 0.29) is 118 Å². The fraction of sp³-hybridized carbons (Fsp3) is 1.00. The van der Waals surface area contributed by atoms with Crippen LogP contribution in [0, 0.1) is 0 Å². The van der Waals surface area contributed by atoms with Crippen molar-refractivity contribution in [1.29, 1.82) is 0 Å². The molecule has 0 amide bonds. The van der Waals surface area contributed by atoms with Gasteiger partial charge in [0, 0.05) is 0 Å². The van der Waals surface area contributed by atoms with E-state index in [1.807, 2.05) is 0 Å². The van der Waals surface area contributed by atoms with Crippen molar-refractivity contribution in [3.63, 3.8) is 0 Å². The van der Waals surface area contributed by atoms with E-state index in [9.17, 15) is 48.0 Å². The normalized spacial score (nSPS) is 34.9. The summed E-state index contributed by atoms with van der Waals surface area (Å²) in [6, 6.07) is 0. The molecule has 6 N–H and O–H groups in total. The molecule has 10 atom stereocenters. The smallest absolute Gasteiger partial charge is 0.756 e. The molecular formula is C6H12Na4O18P4. The third-order valence-electron chi connectivity index (χ3n) is 3.01. The van der Waals surface area contributed by atoms with Crippen LogP contribution < -0.4 is 138 Å². The van der Waals surface area contributed by atoms with Gasteiger partial charge in [-0.1, -0.05) is 0 Å². The summed E-state index contributed by atoms with van der Waals surface area (Å²) in [4.78, 5) is 78.7. The summed E-state index contributed by atoms with van der Waals surface area (Å²) in [5.41, 5.74) is 0. The van der Waals surface area contributed by atoms with Crippen molar-refractivity contribution in [2.24, 2.45) is 0 Å². The zero-order valence-corrected chi connectivity index (χ0v) is 28.4. The SMILES string of the molecule is O=P([O-])(O)O[C@H]1[C@H](OP(=O)([O-])O)[C@@H](OP(=O)([O-])O)[C@@H](O)[C@@H](O)[C@@H]1OP(=O)([O-])O.[Na+].[Na+].[Na+].[Na+]. The number of hydrogen-bond acceptors (Lipinski definition) is 14. The summed E-state index contributed by atoms with van der Waals surface area (Å²) in [7, 11) is -23.7. The Kier molecular flexibility index (Phi) is 22.3. The van der Waals surface area contributed by atoms with E-state index in [2.05, 4.69) is 18.1 Å². The van der Waals surface area contributed by atoms with Crippen molar-refractivity contribution in [1.82, 2.24) is 0 Å². The van der Waals surface area contributed by atoms with Crippen molar-refractivity contribution in [2.45, 2.75) is 36.6 Å². The number of phosphoric acid groups is 4. The molecule has 168 valence electrons. The van der Waals surface area contributed by atoms with E-state index in [1.54, 1.807) is 0 Å². The molecule has 0 heterocycles. The molecule has 0 saturated heterocycles. The van der Waals surface area contributed by atoms with E-state index in [0.29, 0.717) is 0 Å². The van der Waals surface area contributed by atoms with Gasteiger partial charge in [0.1, 0.15) is 36.6 Å². The maximum Gasteiger partial charge on any atom is 1.00 e. The van der Waals surface area contributed by atoms with E-state index in [4.69, 9.17) is 19.6 Å². The van der Waals surface area contributed by atoms with Gasteiger partial charge in [0.05, 0.1) is 0 Å². The fourth-order valence-electron chi connectivity index (χ4n) is 2.25. The number of aliphatic hydroxyl groups is 2. The Hall–Kier alpha value is 4.36. The molecule has 18 nitrogen and oxygen atoms in total. The summed E-state index contributed by atoms with van der Waals surface area (Å²) >= 11 is 0. The van der Waals surface area contributed by atoms with Gasteiger partial charge in [-0.2, -0.15) is 0 Å². The maximum atomic E-state index is 11.0. The average Bonchev–Trinajstić information content (AvgIpc) is 2.39. The van der Waals surface area contributed by atoms with Gasteiger partial charge in [-0.25, -0.2) is 0 Å². The quantitative estimate of drug-likeness (QED) is 0.113. The van der Waals surface area contributed by atoms with Crippen LogP contribution in [0.4, 0.5) is 0 Å². The van der Waals surface area contributed by atoms with E-state index in [0.717, 1.165) is 0 Å². The molecule has 26 heteroatoms. The first kappa shape index (κ1) is 43.4. The van der Waals surface area contributed by atoms with Gasteiger partial charge >= 0.3 is 118 Å². The minimum Gasteiger partial charge on any atom is -0.756 e. The third-order valence-corrected chi connectivity index (χ3v) is 5.05. The summed E-state index contributed by atoms with van der Waals surface area (Å²) in [5.74, 6) is 0. The molecule has 4 unspecified atom stereocenters. The van der Waals surface area contributed by atoms with Crippen LogP contribution in [0.2, 0.25) is 0 Å². The fourth-order valence-corrected chi connectivity index (χ4v) is 4.45. The van der Waals surface area contributed by atoms with Crippen LogP contribution in [0.25, 0.3) is 0 Å². The first-order chi connectivity index (χ1) is 12.2. The molecule has 0 spiro atoms. The van der Waals surface area contributed by atoms with Crippen molar-refractivity contribution in [2.75, 3.05) is 0 Å². The maximum absolute atomic E-state index is 11.0. The van der Waals surface area contributed by atoms with Gasteiger partial charge < -0.3 is 67.5 Å². The summed E-state index contributed by atoms with van der Waals surface area (Å²) in [6.45, 7) is 0. The molecule has 0 bridgehead atoms. The molecule has 0 radical (unpaired) electrons. The van der Waals surface area contributed by atoms with Gasteiger partial charge in [0.2, 0.25) is 0 Å². The van der Waals surface area contributed by atoms with E-state index < -0.39 is 67.9 Å². The predicted octanol–water partition coefficient (Wildman–Crippen LogP) is -17.9. The topological polar surface area (TPSA) is 319 Å². The third kappa shape index (κ3) is 16.4. The summed E-state index contributed by atoms with van der Waals surface area (Å²) in [6.07, 6.45) is -16.7. The van der Waals surface area contributed by atoms with Crippen LogP contribution in [0.3, 0.4) is 0 Å². The Balaban J connectivity index is -0.000000980. The monoisotopic (exact) mass is 588 g/mol. The van der Waals surface area contributed by atoms with Gasteiger partial charge in [-0.15, -0.1) is 0 Å². The van der Waals surface area contributed by atoms with Crippen molar-refractivity contribution >= 4 is 31.3 Å². The van der Waals surface area contributed by atoms with Gasteiger partial charge in [-0.3, -0.25) is 18.3 Å². The molecule has 1 saturated carbocycles. The zero-order chi connectivity index (χ0) is 22.3. The first-order valence-electron chi connectivity index (χ1n) is 6.45. The van der Waals surface area contributed by atoms with E-state index in [1.165, 1.54) is 0 Å². The Morgan fingerprint density at radius 2 is 0.625 bits per heavy atom. The Morgan fingerprint density at radius 3 is 0.781 bits per heavy atom. The number of rotatable bonds is 8.